The van der Waals surface area contributed by atoms with Gasteiger partial charge in [0.25, 0.3) is 17.4 Å². The Morgan fingerprint density at radius 1 is 0.826 bits per heavy atom. The number of hydrogen-bond acceptors (Lipinski definition) is 12. The summed E-state index contributed by atoms with van der Waals surface area (Å²) >= 11 is 1.43. The number of fused-ring (bicyclic) bond motifs is 6. The molecule has 0 radical (unpaired) electrons. The van der Waals surface area contributed by atoms with E-state index in [1.54, 1.807) is 46.5 Å². The number of benzene rings is 3. The van der Waals surface area contributed by atoms with Crippen LogP contribution in [0.15, 0.2) is 101 Å². The molecular weight excluding hydrogens is 898 g/mol. The molecule has 5 aromatic heterocycles. The number of thiazole rings is 1. The smallest absolute Gasteiger partial charge is 0.272 e. The number of piperazine rings is 1. The maximum atomic E-state index is 14.6. The zero-order chi connectivity index (χ0) is 47.8. The first kappa shape index (κ1) is 45.3. The molecule has 2 saturated heterocycles. The lowest BCUT2D eigenvalue weighted by Crippen LogP contribution is -2.51. The molecule has 3 fully saturated rings. The molecule has 8 aromatic rings. The number of pyridine rings is 2. The van der Waals surface area contributed by atoms with Crippen LogP contribution in [-0.2, 0) is 17.8 Å². The quantitative estimate of drug-likeness (QED) is 0.194. The molecule has 3 aliphatic rings. The molecule has 0 atom stereocenters. The first-order chi connectivity index (χ1) is 33.5. The summed E-state index contributed by atoms with van der Waals surface area (Å²) in [6, 6.07) is 23.3. The van der Waals surface area contributed by atoms with Gasteiger partial charge in [0.2, 0.25) is 11.3 Å². The Morgan fingerprint density at radius 2 is 1.59 bits per heavy atom. The fourth-order valence-electron chi connectivity index (χ4n) is 9.03. The van der Waals surface area contributed by atoms with E-state index >= 15 is 0 Å². The molecule has 18 heteroatoms. The summed E-state index contributed by atoms with van der Waals surface area (Å²) in [6.45, 7) is 7.59. The predicted octanol–water partition coefficient (Wildman–Crippen LogP) is 5.58. The van der Waals surface area contributed by atoms with E-state index in [0.29, 0.717) is 65.2 Å². The highest BCUT2D eigenvalue weighted by atomic mass is 32.1. The van der Waals surface area contributed by atoms with Gasteiger partial charge in [0.15, 0.2) is 5.65 Å². The largest absolute Gasteiger partial charge is 0.355 e. The summed E-state index contributed by atoms with van der Waals surface area (Å²) < 4.78 is 17.5. The third kappa shape index (κ3) is 9.41. The van der Waals surface area contributed by atoms with Crippen LogP contribution < -0.4 is 21.2 Å². The highest BCUT2D eigenvalue weighted by molar-refractivity contribution is 7.24. The van der Waals surface area contributed by atoms with Crippen molar-refractivity contribution in [2.24, 2.45) is 5.92 Å². The number of H-pyrrole nitrogens is 1. The summed E-state index contributed by atoms with van der Waals surface area (Å²) in [4.78, 5) is 86.6. The molecule has 3 amide bonds. The second-order valence-corrected chi connectivity index (χ2v) is 18.9. The van der Waals surface area contributed by atoms with Gasteiger partial charge in [0, 0.05) is 69.7 Å². The van der Waals surface area contributed by atoms with Crippen molar-refractivity contribution in [3.63, 3.8) is 0 Å². The van der Waals surface area contributed by atoms with Crippen molar-refractivity contribution in [2.75, 3.05) is 64.3 Å². The van der Waals surface area contributed by atoms with Crippen LogP contribution in [0.5, 0.6) is 0 Å². The summed E-state index contributed by atoms with van der Waals surface area (Å²) in [5, 5.41) is 11.2. The monoisotopic (exact) mass is 947 g/mol. The van der Waals surface area contributed by atoms with E-state index in [9.17, 15) is 28.4 Å². The average Bonchev–Trinajstić information content (AvgIpc) is 4.19. The van der Waals surface area contributed by atoms with E-state index < -0.39 is 11.7 Å². The summed E-state index contributed by atoms with van der Waals surface area (Å²) in [5.41, 5.74) is 3.86. The second kappa shape index (κ2) is 19.3. The lowest BCUT2D eigenvalue weighted by Gasteiger charge is -2.35. The highest BCUT2D eigenvalue weighted by Crippen LogP contribution is 2.33. The van der Waals surface area contributed by atoms with Crippen LogP contribution in [0, 0.1) is 18.7 Å². The van der Waals surface area contributed by atoms with E-state index in [0.717, 1.165) is 78.1 Å². The van der Waals surface area contributed by atoms with E-state index in [-0.39, 0.29) is 46.4 Å². The van der Waals surface area contributed by atoms with E-state index in [4.69, 9.17) is 4.98 Å². The van der Waals surface area contributed by atoms with Gasteiger partial charge in [-0.2, -0.15) is 5.10 Å². The third-order valence-electron chi connectivity index (χ3n) is 13.0. The topological polar surface area (TPSA) is 182 Å². The van der Waals surface area contributed by atoms with Gasteiger partial charge in [-0.25, -0.2) is 14.5 Å². The molecule has 2 N–H and O–H groups in total. The van der Waals surface area contributed by atoms with Crippen molar-refractivity contribution in [1.29, 1.82) is 0 Å². The van der Waals surface area contributed by atoms with Gasteiger partial charge in [-0.05, 0) is 87.8 Å². The third-order valence-corrected chi connectivity index (χ3v) is 14.2. The zero-order valence-electron chi connectivity index (χ0n) is 38.3. The number of rotatable bonds is 8. The number of aromatic amines is 1. The maximum Gasteiger partial charge on any atom is 0.272 e. The number of aryl methyl sites for hydroxylation is 1. The molecule has 7 heterocycles. The normalized spacial score (nSPS) is 15.6. The fourth-order valence-corrected chi connectivity index (χ4v) is 10.2. The Balaban J connectivity index is 0.000000162. The lowest BCUT2D eigenvalue weighted by molar-refractivity contribution is -0.134. The second-order valence-electron chi connectivity index (χ2n) is 17.9. The molecular formula is C51H50FN11O5S. The van der Waals surface area contributed by atoms with Crippen molar-refractivity contribution >= 4 is 71.7 Å². The number of para-hydroxylation sites is 1. The number of halogens is 1. The Hall–Kier alpha value is -7.44. The van der Waals surface area contributed by atoms with Crippen LogP contribution in [0.25, 0.3) is 36.9 Å². The minimum Gasteiger partial charge on any atom is -0.355 e. The van der Waals surface area contributed by atoms with E-state index in [2.05, 4.69) is 42.3 Å². The molecule has 69 heavy (non-hydrogen) atoms. The first-order valence-corrected chi connectivity index (χ1v) is 24.0. The van der Waals surface area contributed by atoms with Crippen LogP contribution in [0.2, 0.25) is 0 Å². The minimum absolute atomic E-state index is 0.0122. The Labute approximate surface area is 399 Å². The van der Waals surface area contributed by atoms with Crippen LogP contribution >= 0.6 is 11.3 Å². The Kier molecular flexibility index (Phi) is 12.7. The number of amides is 3. The van der Waals surface area contributed by atoms with Gasteiger partial charge in [-0.1, -0.05) is 36.4 Å². The van der Waals surface area contributed by atoms with Crippen LogP contribution in [0.1, 0.15) is 62.6 Å². The van der Waals surface area contributed by atoms with Gasteiger partial charge in [-0.3, -0.25) is 38.3 Å². The number of nitrogens with zero attached hydrogens (tertiary/aromatic N) is 9. The summed E-state index contributed by atoms with van der Waals surface area (Å²) in [5.74, 6) is -0.203. The number of nitrogens with one attached hydrogen (secondary N) is 2. The molecule has 11 rings (SSSR count). The molecule has 0 bridgehead atoms. The first-order valence-electron chi connectivity index (χ1n) is 23.2. The molecule has 1 saturated carbocycles. The Bertz CT molecular complexity index is 3400. The minimum atomic E-state index is -0.575. The highest BCUT2D eigenvalue weighted by Gasteiger charge is 2.35. The lowest BCUT2D eigenvalue weighted by atomic mass is 10.0. The van der Waals surface area contributed by atoms with Crippen LogP contribution in [-0.4, -0.2) is 121 Å². The number of anilines is 1. The number of carbonyl (C=O) groups is 3. The SMILES string of the molecule is Cc1cnc(CNC(=O)c2c(=O)c3ccc(N4CCCN(C)CC4)nc3n3c2sc2ccccc23)cn1.O=C(c1cc(Cc2n[nH]c(=O)c3ccccc23)ccc1F)N1CCN(C(=O)C2CC2)CC1. The molecule has 0 unspecified atom stereocenters. The molecule has 2 aliphatic heterocycles. The number of aromatic nitrogens is 6. The van der Waals surface area contributed by atoms with Gasteiger partial charge in [-0.15, -0.1) is 11.3 Å². The van der Waals surface area contributed by atoms with Crippen LogP contribution in [0.3, 0.4) is 0 Å². The zero-order valence-corrected chi connectivity index (χ0v) is 39.1. The van der Waals surface area contributed by atoms with Gasteiger partial charge >= 0.3 is 0 Å². The summed E-state index contributed by atoms with van der Waals surface area (Å²) in [6.07, 6.45) is 6.59. The van der Waals surface area contributed by atoms with E-state index in [1.165, 1.54) is 17.4 Å². The number of carbonyl (C=O) groups excluding carboxylic acids is 3. The number of likely N-dealkylation sites (N-methyl/N-ethyl adjacent to an activating group) is 1. The maximum absolute atomic E-state index is 14.6. The number of hydrogen-bond donors (Lipinski definition) is 2. The molecule has 16 nitrogen and oxygen atoms in total. The van der Waals surface area contributed by atoms with Crippen molar-refractivity contribution in [3.05, 3.63) is 151 Å². The molecule has 352 valence electrons. The van der Waals surface area contributed by atoms with Gasteiger partial charge < -0.3 is 24.9 Å². The molecule has 3 aromatic carbocycles. The van der Waals surface area contributed by atoms with Crippen molar-refractivity contribution in [1.82, 2.24) is 49.6 Å². The Morgan fingerprint density at radius 3 is 2.38 bits per heavy atom. The standard InChI is InChI=1S/C27H27N7O2S.C24H23FN4O3/c1-17-14-29-18(15-28-17)16-30-26(36)23-24(35)19-8-9-22(33-11-5-10-32(2)12-13-33)31-25(19)34-20-6-3-4-7-21(20)37-27(23)34;25-20-8-5-15(14-21-17-3-1-2-4-18(17)22(30)27-26-21)13-19(20)24(32)29-11-9-28(10-12-29)23(31)16-6-7-16/h3-4,6-9,14-15H,5,10-13,16H2,1-2H3,(H,30,36);1-5,8,13,16H,6-7,9-12,14H2,(H,27,30). The van der Waals surface area contributed by atoms with Crippen molar-refractivity contribution < 1.29 is 18.8 Å². The summed E-state index contributed by atoms with van der Waals surface area (Å²) in [7, 11) is 2.13. The predicted molar refractivity (Wildman–Crippen MR) is 263 cm³/mol. The van der Waals surface area contributed by atoms with Crippen LogP contribution in [0.4, 0.5) is 10.2 Å². The van der Waals surface area contributed by atoms with Crippen molar-refractivity contribution in [3.8, 4) is 0 Å². The van der Waals surface area contributed by atoms with Crippen molar-refractivity contribution in [2.45, 2.75) is 39.2 Å². The molecule has 0 spiro atoms. The fraction of sp³-hybridized carbons (Fsp3) is 0.314. The van der Waals surface area contributed by atoms with E-state index in [1.807, 2.05) is 59.9 Å². The van der Waals surface area contributed by atoms with Gasteiger partial charge in [0.05, 0.1) is 56.4 Å². The van der Waals surface area contributed by atoms with Gasteiger partial charge in [0.1, 0.15) is 22.0 Å². The molecule has 1 aliphatic carbocycles. The average molecular weight is 948 g/mol.